The molecule has 68 valence electrons. The molecule has 2 aromatic rings. The molecule has 0 aliphatic heterocycles. The third-order valence-corrected chi connectivity index (χ3v) is 4.62. The van der Waals surface area contributed by atoms with E-state index in [1.807, 2.05) is 12.3 Å². The van der Waals surface area contributed by atoms with E-state index in [-0.39, 0.29) is 0 Å². The van der Waals surface area contributed by atoms with Gasteiger partial charge >= 0.3 is 0 Å². The van der Waals surface area contributed by atoms with E-state index >= 15 is 0 Å². The number of rotatable bonds is 2. The van der Waals surface area contributed by atoms with Crippen LogP contribution in [0.4, 0.5) is 0 Å². The van der Waals surface area contributed by atoms with E-state index in [4.69, 9.17) is 0 Å². The first-order valence-electron chi connectivity index (χ1n) is 3.33. The summed E-state index contributed by atoms with van der Waals surface area (Å²) < 4.78 is 2.74. The zero-order valence-corrected chi connectivity index (χ0v) is 10.6. The van der Waals surface area contributed by atoms with Crippen LogP contribution in [0.25, 0.3) is 0 Å². The molecule has 2 heterocycles. The maximum Gasteiger partial charge on any atom is 0.184 e. The fourth-order valence-electron chi connectivity index (χ4n) is 0.688. The van der Waals surface area contributed by atoms with E-state index in [9.17, 15) is 0 Å². The van der Waals surface area contributed by atoms with Crippen LogP contribution in [0.2, 0.25) is 0 Å². The molecule has 0 bridgehead atoms. The van der Waals surface area contributed by atoms with Crippen LogP contribution in [-0.4, -0.2) is 15.2 Å². The predicted octanol–water partition coefficient (Wildman–Crippen LogP) is 3.22. The highest BCUT2D eigenvalue weighted by atomic mass is 79.9. The zero-order valence-electron chi connectivity index (χ0n) is 6.52. The molecule has 0 spiro atoms. The summed E-state index contributed by atoms with van der Waals surface area (Å²) in [6.07, 6.45) is 0. The normalized spacial score (nSPS) is 10.6. The Kier molecular flexibility index (Phi) is 2.97. The lowest BCUT2D eigenvalue weighted by atomic mass is 10.6. The van der Waals surface area contributed by atoms with E-state index in [2.05, 4.69) is 31.1 Å². The summed E-state index contributed by atoms with van der Waals surface area (Å²) in [4.78, 5) is 4.32. The lowest BCUT2D eigenvalue weighted by molar-refractivity contribution is 0.995. The quantitative estimate of drug-likeness (QED) is 0.852. The van der Waals surface area contributed by atoms with Crippen LogP contribution in [-0.2, 0) is 0 Å². The van der Waals surface area contributed by atoms with E-state index in [0.717, 1.165) is 18.3 Å². The number of aryl methyl sites for hydroxylation is 1. The Bertz CT molecular complexity index is 372. The Balaban J connectivity index is 2.14. The molecule has 0 radical (unpaired) electrons. The fourth-order valence-corrected chi connectivity index (χ4v) is 4.17. The Morgan fingerprint density at radius 2 is 2.23 bits per heavy atom. The van der Waals surface area contributed by atoms with Crippen LogP contribution in [0.5, 0.6) is 0 Å². The third kappa shape index (κ3) is 2.49. The van der Waals surface area contributed by atoms with Crippen LogP contribution in [0, 0.1) is 6.92 Å². The molecule has 0 aliphatic rings. The Morgan fingerprint density at radius 1 is 1.38 bits per heavy atom. The molecule has 3 nitrogen and oxygen atoms in total. The summed E-state index contributed by atoms with van der Waals surface area (Å²) in [6, 6.07) is 0. The van der Waals surface area contributed by atoms with Crippen molar-refractivity contribution in [3.8, 4) is 0 Å². The number of halogens is 1. The van der Waals surface area contributed by atoms with E-state index < -0.39 is 0 Å². The van der Waals surface area contributed by atoms with E-state index in [1.165, 1.54) is 11.3 Å². The van der Waals surface area contributed by atoms with Gasteiger partial charge in [-0.3, -0.25) is 0 Å². The zero-order chi connectivity index (χ0) is 9.26. The summed E-state index contributed by atoms with van der Waals surface area (Å²) in [5.74, 6) is 0. The smallest absolute Gasteiger partial charge is 0.184 e. The minimum atomic E-state index is 0.809. The molecular formula is C6H4BrN3S3. The van der Waals surface area contributed by atoms with Gasteiger partial charge in [-0.15, -0.1) is 21.5 Å². The van der Waals surface area contributed by atoms with Gasteiger partial charge in [-0.05, 0) is 34.6 Å². The Hall–Kier alpha value is 0.0200. The fraction of sp³-hybridized carbons (Fsp3) is 0.167. The molecular weight excluding hydrogens is 290 g/mol. The van der Waals surface area contributed by atoms with Gasteiger partial charge in [0.15, 0.2) is 12.6 Å². The second-order valence-electron chi connectivity index (χ2n) is 2.18. The number of nitrogens with zero attached hydrogens (tertiary/aromatic N) is 3. The minimum absolute atomic E-state index is 0.809. The van der Waals surface area contributed by atoms with Crippen molar-refractivity contribution in [1.82, 2.24) is 15.2 Å². The molecule has 0 amide bonds. The summed E-state index contributed by atoms with van der Waals surface area (Å²) in [7, 11) is 0. The number of hydrogen-bond acceptors (Lipinski definition) is 6. The molecule has 0 aromatic carbocycles. The third-order valence-electron chi connectivity index (χ3n) is 1.15. The number of thiazole rings is 1. The molecule has 0 fully saturated rings. The van der Waals surface area contributed by atoms with Gasteiger partial charge in [0.2, 0.25) is 0 Å². The van der Waals surface area contributed by atoms with Crippen LogP contribution in [0.3, 0.4) is 0 Å². The highest BCUT2D eigenvalue weighted by molar-refractivity contribution is 9.11. The average molecular weight is 294 g/mol. The maximum absolute atomic E-state index is 4.32. The topological polar surface area (TPSA) is 38.7 Å². The van der Waals surface area contributed by atoms with Crippen LogP contribution in [0.1, 0.15) is 5.69 Å². The lowest BCUT2D eigenvalue weighted by Crippen LogP contribution is -1.72. The molecule has 0 unspecified atom stereocenters. The number of aromatic nitrogens is 3. The van der Waals surface area contributed by atoms with E-state index in [0.29, 0.717) is 0 Å². The standard InChI is InChI=1S/C6H4BrN3S3/c1-3-2-11-5(8-3)13-6-10-9-4(7)12-6/h2H,1H3. The van der Waals surface area contributed by atoms with Crippen molar-refractivity contribution in [2.75, 3.05) is 0 Å². The van der Waals surface area contributed by atoms with Crippen molar-refractivity contribution >= 4 is 50.4 Å². The Labute approximate surface area is 95.8 Å². The van der Waals surface area contributed by atoms with Crippen molar-refractivity contribution in [2.45, 2.75) is 15.6 Å². The van der Waals surface area contributed by atoms with E-state index in [1.54, 1.807) is 23.1 Å². The summed E-state index contributed by atoms with van der Waals surface area (Å²) in [5, 5.41) is 9.86. The van der Waals surface area contributed by atoms with Gasteiger partial charge in [-0.25, -0.2) is 4.98 Å². The summed E-state index contributed by atoms with van der Waals surface area (Å²) in [6.45, 7) is 1.98. The largest absolute Gasteiger partial charge is 0.235 e. The second-order valence-corrected chi connectivity index (χ2v) is 6.78. The van der Waals surface area contributed by atoms with Gasteiger partial charge in [-0.2, -0.15) is 0 Å². The van der Waals surface area contributed by atoms with Crippen LogP contribution < -0.4 is 0 Å². The van der Waals surface area contributed by atoms with Gasteiger partial charge in [0, 0.05) is 11.1 Å². The maximum atomic E-state index is 4.32. The first-order chi connectivity index (χ1) is 6.24. The number of hydrogen-bond donors (Lipinski definition) is 0. The Morgan fingerprint density at radius 3 is 2.77 bits per heavy atom. The molecule has 0 saturated carbocycles. The molecule has 0 saturated heterocycles. The van der Waals surface area contributed by atoms with Gasteiger partial charge in [0.25, 0.3) is 0 Å². The summed E-state index contributed by atoms with van der Waals surface area (Å²) >= 11 is 7.96. The first-order valence-corrected chi connectivity index (χ1v) is 6.63. The molecule has 2 rings (SSSR count). The lowest BCUT2D eigenvalue weighted by Gasteiger charge is -1.86. The minimum Gasteiger partial charge on any atom is -0.235 e. The van der Waals surface area contributed by atoms with Crippen molar-refractivity contribution in [2.24, 2.45) is 0 Å². The first kappa shape index (κ1) is 9.57. The predicted molar refractivity (Wildman–Crippen MR) is 58.6 cm³/mol. The molecule has 0 N–H and O–H groups in total. The highest BCUT2D eigenvalue weighted by Crippen LogP contribution is 2.33. The monoisotopic (exact) mass is 293 g/mol. The van der Waals surface area contributed by atoms with Crippen LogP contribution >= 0.6 is 50.4 Å². The van der Waals surface area contributed by atoms with Gasteiger partial charge in [-0.1, -0.05) is 11.3 Å². The molecule has 2 aromatic heterocycles. The molecule has 0 aliphatic carbocycles. The molecule has 0 atom stereocenters. The van der Waals surface area contributed by atoms with Crippen molar-refractivity contribution < 1.29 is 0 Å². The van der Waals surface area contributed by atoms with Crippen LogP contribution in [0.15, 0.2) is 18.0 Å². The van der Waals surface area contributed by atoms with Crippen molar-refractivity contribution in [3.05, 3.63) is 15.0 Å². The van der Waals surface area contributed by atoms with Gasteiger partial charge < -0.3 is 0 Å². The second kappa shape index (κ2) is 4.04. The van der Waals surface area contributed by atoms with Crippen molar-refractivity contribution in [1.29, 1.82) is 0 Å². The molecule has 7 heteroatoms. The SMILES string of the molecule is Cc1csc(Sc2nnc(Br)s2)n1. The summed E-state index contributed by atoms with van der Waals surface area (Å²) in [5.41, 5.74) is 1.05. The van der Waals surface area contributed by atoms with Crippen molar-refractivity contribution in [3.63, 3.8) is 0 Å². The van der Waals surface area contributed by atoms with Gasteiger partial charge in [0.05, 0.1) is 0 Å². The van der Waals surface area contributed by atoms with Gasteiger partial charge in [0.1, 0.15) is 0 Å². The highest BCUT2D eigenvalue weighted by Gasteiger charge is 2.06. The molecule has 13 heavy (non-hydrogen) atoms. The average Bonchev–Trinajstić information content (AvgIpc) is 2.62.